The summed E-state index contributed by atoms with van der Waals surface area (Å²) in [6, 6.07) is 0. The second-order valence-electron chi connectivity index (χ2n) is 11.2. The second kappa shape index (κ2) is 30.3. The molecule has 0 bridgehead atoms. The summed E-state index contributed by atoms with van der Waals surface area (Å²) in [5, 5.41) is 21.1. The van der Waals surface area contributed by atoms with E-state index in [9.17, 15) is 10.2 Å². The van der Waals surface area contributed by atoms with Gasteiger partial charge in [0, 0.05) is 26.3 Å². The van der Waals surface area contributed by atoms with E-state index < -0.39 is 12.2 Å². The van der Waals surface area contributed by atoms with Gasteiger partial charge in [-0.15, -0.1) is 0 Å². The Labute approximate surface area is 232 Å². The third-order valence-corrected chi connectivity index (χ3v) is 7.17. The Hall–Kier alpha value is -0.200. The Kier molecular flexibility index (Phi) is 30.2. The number of nitrogens with zero attached hydrogens (tertiary/aromatic N) is 1. The van der Waals surface area contributed by atoms with Gasteiger partial charge in [0.25, 0.3) is 0 Å². The molecule has 0 spiro atoms. The first-order chi connectivity index (χ1) is 18.1. The predicted molar refractivity (Wildman–Crippen MR) is 159 cm³/mol. The summed E-state index contributed by atoms with van der Waals surface area (Å²) in [6.45, 7) is 10.9. The third-order valence-electron chi connectivity index (χ3n) is 7.17. The van der Waals surface area contributed by atoms with Crippen LogP contribution in [0.25, 0.3) is 0 Å². The van der Waals surface area contributed by atoms with Crippen molar-refractivity contribution in [3.63, 3.8) is 0 Å². The van der Waals surface area contributed by atoms with Gasteiger partial charge in [-0.1, -0.05) is 130 Å². The molecule has 0 fully saturated rings. The maximum Gasteiger partial charge on any atom is 0.0900 e. The van der Waals surface area contributed by atoms with Crippen LogP contribution in [0.5, 0.6) is 0 Å². The molecule has 0 amide bonds. The zero-order valence-corrected chi connectivity index (χ0v) is 25.4. The number of unbranched alkanes of at least 4 members (excludes halogenated alkanes) is 17. The third kappa shape index (κ3) is 28.6. The summed E-state index contributed by atoms with van der Waals surface area (Å²) < 4.78 is 11.4. The van der Waals surface area contributed by atoms with Gasteiger partial charge in [-0.3, -0.25) is 4.90 Å². The molecule has 0 heterocycles. The van der Waals surface area contributed by atoms with Crippen LogP contribution in [-0.4, -0.2) is 73.4 Å². The quantitative estimate of drug-likeness (QED) is 0.0894. The molecule has 5 heteroatoms. The molecule has 37 heavy (non-hydrogen) atoms. The van der Waals surface area contributed by atoms with Gasteiger partial charge in [-0.2, -0.15) is 0 Å². The van der Waals surface area contributed by atoms with Crippen molar-refractivity contribution < 1.29 is 19.7 Å². The lowest BCUT2D eigenvalue weighted by molar-refractivity contribution is -0.0113. The van der Waals surface area contributed by atoms with Crippen molar-refractivity contribution in [3.8, 4) is 0 Å². The van der Waals surface area contributed by atoms with E-state index in [0.29, 0.717) is 26.3 Å². The van der Waals surface area contributed by atoms with Crippen LogP contribution in [0.1, 0.15) is 149 Å². The standard InChI is InChI=1S/C32H67NO4/c1-4-7-10-13-14-15-16-17-18-19-20-21-24-33(27-31(34)29-36-25-22-11-8-5-2)28-32(35)30-37-26-23-12-9-6-3/h31-32,34-35H,4-30H2,1-3H3. The molecule has 224 valence electrons. The molecule has 2 N–H and O–H groups in total. The van der Waals surface area contributed by atoms with E-state index in [1.807, 2.05) is 0 Å². The lowest BCUT2D eigenvalue weighted by atomic mass is 10.1. The first kappa shape index (κ1) is 36.8. The van der Waals surface area contributed by atoms with Crippen LogP contribution in [0.3, 0.4) is 0 Å². The number of hydrogen-bond acceptors (Lipinski definition) is 5. The van der Waals surface area contributed by atoms with Crippen molar-refractivity contribution in [1.29, 1.82) is 0 Å². The van der Waals surface area contributed by atoms with Crippen molar-refractivity contribution in [2.24, 2.45) is 0 Å². The van der Waals surface area contributed by atoms with Gasteiger partial charge >= 0.3 is 0 Å². The van der Waals surface area contributed by atoms with Crippen LogP contribution in [-0.2, 0) is 9.47 Å². The van der Waals surface area contributed by atoms with Crippen molar-refractivity contribution in [2.45, 2.75) is 161 Å². The molecule has 2 atom stereocenters. The average Bonchev–Trinajstić information content (AvgIpc) is 2.88. The highest BCUT2D eigenvalue weighted by Crippen LogP contribution is 2.12. The van der Waals surface area contributed by atoms with Gasteiger partial charge in [0.1, 0.15) is 0 Å². The molecule has 2 unspecified atom stereocenters. The fourth-order valence-corrected chi connectivity index (χ4v) is 4.84. The van der Waals surface area contributed by atoms with Crippen molar-refractivity contribution in [2.75, 3.05) is 46.1 Å². The topological polar surface area (TPSA) is 62.2 Å². The van der Waals surface area contributed by atoms with E-state index in [1.54, 1.807) is 0 Å². The largest absolute Gasteiger partial charge is 0.389 e. The summed E-state index contributed by atoms with van der Waals surface area (Å²) in [6.07, 6.45) is 24.5. The van der Waals surface area contributed by atoms with Crippen LogP contribution in [0.15, 0.2) is 0 Å². The summed E-state index contributed by atoms with van der Waals surface area (Å²) in [7, 11) is 0. The molecule has 0 aromatic carbocycles. The molecular formula is C32H67NO4. The lowest BCUT2D eigenvalue weighted by Gasteiger charge is -2.27. The highest BCUT2D eigenvalue weighted by molar-refractivity contribution is 4.69. The molecule has 0 rings (SSSR count). The highest BCUT2D eigenvalue weighted by atomic mass is 16.5. The van der Waals surface area contributed by atoms with E-state index in [0.717, 1.165) is 39.0 Å². The van der Waals surface area contributed by atoms with Gasteiger partial charge in [0.05, 0.1) is 25.4 Å². The fourth-order valence-electron chi connectivity index (χ4n) is 4.84. The molecule has 0 aliphatic rings. The summed E-state index contributed by atoms with van der Waals surface area (Å²) in [5.41, 5.74) is 0. The molecule has 0 radical (unpaired) electrons. The lowest BCUT2D eigenvalue weighted by Crippen LogP contribution is -2.41. The van der Waals surface area contributed by atoms with Gasteiger partial charge in [0.15, 0.2) is 0 Å². The minimum atomic E-state index is -0.509. The minimum Gasteiger partial charge on any atom is -0.389 e. The molecule has 0 aliphatic heterocycles. The van der Waals surface area contributed by atoms with Crippen LogP contribution in [0.4, 0.5) is 0 Å². The van der Waals surface area contributed by atoms with Crippen molar-refractivity contribution >= 4 is 0 Å². The Morgan fingerprint density at radius 3 is 1.16 bits per heavy atom. The van der Waals surface area contributed by atoms with Crippen molar-refractivity contribution in [1.82, 2.24) is 4.90 Å². The number of hydrogen-bond donors (Lipinski definition) is 2. The summed E-state index contributed by atoms with van der Waals surface area (Å²) >= 11 is 0. The number of ether oxygens (including phenoxy) is 2. The molecule has 0 aromatic rings. The van der Waals surface area contributed by atoms with E-state index in [4.69, 9.17) is 9.47 Å². The van der Waals surface area contributed by atoms with Crippen LogP contribution in [0.2, 0.25) is 0 Å². The highest BCUT2D eigenvalue weighted by Gasteiger charge is 2.16. The van der Waals surface area contributed by atoms with E-state index in [1.165, 1.54) is 109 Å². The summed E-state index contributed by atoms with van der Waals surface area (Å²) in [5.74, 6) is 0. The average molecular weight is 530 g/mol. The molecule has 0 aliphatic carbocycles. The van der Waals surface area contributed by atoms with Gasteiger partial charge in [-0.05, 0) is 25.8 Å². The van der Waals surface area contributed by atoms with Gasteiger partial charge in [-0.25, -0.2) is 0 Å². The predicted octanol–water partition coefficient (Wildman–Crippen LogP) is 7.91. The van der Waals surface area contributed by atoms with Crippen molar-refractivity contribution in [3.05, 3.63) is 0 Å². The van der Waals surface area contributed by atoms with Crippen LogP contribution in [0, 0.1) is 0 Å². The summed E-state index contributed by atoms with van der Waals surface area (Å²) in [4.78, 5) is 2.21. The Morgan fingerprint density at radius 1 is 0.459 bits per heavy atom. The zero-order chi connectivity index (χ0) is 27.2. The van der Waals surface area contributed by atoms with E-state index in [2.05, 4.69) is 25.7 Å². The number of rotatable bonds is 31. The maximum atomic E-state index is 10.5. The SMILES string of the molecule is CCCCCCCCCCCCCCN(CC(O)COCCCCCC)CC(O)COCCCCCC. The van der Waals surface area contributed by atoms with Crippen LogP contribution >= 0.6 is 0 Å². The van der Waals surface area contributed by atoms with E-state index in [-0.39, 0.29) is 0 Å². The molecule has 0 aromatic heterocycles. The van der Waals surface area contributed by atoms with Gasteiger partial charge in [0.2, 0.25) is 0 Å². The molecule has 5 nitrogen and oxygen atoms in total. The number of aliphatic hydroxyl groups excluding tert-OH is 2. The molecular weight excluding hydrogens is 462 g/mol. The normalized spacial score (nSPS) is 13.5. The number of aliphatic hydroxyl groups is 2. The van der Waals surface area contributed by atoms with E-state index >= 15 is 0 Å². The smallest absolute Gasteiger partial charge is 0.0900 e. The zero-order valence-electron chi connectivity index (χ0n) is 25.4. The Bertz CT molecular complexity index is 400. The first-order valence-corrected chi connectivity index (χ1v) is 16.4. The Balaban J connectivity index is 4.13. The minimum absolute atomic E-state index is 0.380. The molecule has 0 saturated carbocycles. The molecule has 0 saturated heterocycles. The second-order valence-corrected chi connectivity index (χ2v) is 11.2. The first-order valence-electron chi connectivity index (χ1n) is 16.4. The van der Waals surface area contributed by atoms with Crippen LogP contribution < -0.4 is 0 Å². The monoisotopic (exact) mass is 530 g/mol. The van der Waals surface area contributed by atoms with Gasteiger partial charge < -0.3 is 19.7 Å². The Morgan fingerprint density at radius 2 is 0.784 bits per heavy atom. The fraction of sp³-hybridized carbons (Fsp3) is 1.00. The maximum absolute atomic E-state index is 10.5.